The molecule has 3 amide bonds. The molecule has 0 fully saturated rings. The highest BCUT2D eigenvalue weighted by molar-refractivity contribution is 7.89. The Morgan fingerprint density at radius 1 is 1.04 bits per heavy atom. The average Bonchev–Trinajstić information content (AvgIpc) is 3.01. The Hall–Kier alpha value is -4.24. The number of unbranched alkanes of at least 4 members (excludes halogenated alkanes) is 1. The molecular formula is C31H44N6O8S. The Labute approximate surface area is 269 Å². The molecule has 6 N–H and O–H groups in total. The summed E-state index contributed by atoms with van der Waals surface area (Å²) in [6, 6.07) is 5.57. The lowest BCUT2D eigenvalue weighted by Crippen LogP contribution is -2.48. The Morgan fingerprint density at radius 3 is 2.48 bits per heavy atom. The zero-order chi connectivity index (χ0) is 33.5. The quantitative estimate of drug-likeness (QED) is 0.0888. The highest BCUT2D eigenvalue weighted by atomic mass is 32.2. The summed E-state index contributed by atoms with van der Waals surface area (Å²) in [4.78, 5) is 50.9. The molecule has 46 heavy (non-hydrogen) atoms. The third-order valence-corrected chi connectivity index (χ3v) is 9.11. The molecule has 1 aromatic carbocycles. The summed E-state index contributed by atoms with van der Waals surface area (Å²) in [5, 5.41) is 20.6. The van der Waals surface area contributed by atoms with Crippen LogP contribution in [-0.2, 0) is 42.0 Å². The third-order valence-electron chi connectivity index (χ3n) is 7.33. The molecule has 1 aliphatic heterocycles. The van der Waals surface area contributed by atoms with Gasteiger partial charge in [0.25, 0.3) is 0 Å². The van der Waals surface area contributed by atoms with Gasteiger partial charge in [0.1, 0.15) is 17.6 Å². The number of carboxylic acid groups (broad SMARTS) is 1. The fraction of sp³-hybridized carbons (Fsp3) is 0.516. The van der Waals surface area contributed by atoms with Crippen molar-refractivity contribution in [3.8, 4) is 5.75 Å². The van der Waals surface area contributed by atoms with E-state index in [4.69, 9.17) is 4.74 Å². The van der Waals surface area contributed by atoms with Crippen molar-refractivity contribution < 1.29 is 37.4 Å². The number of fused-ring (bicyclic) bond motifs is 1. The normalized spacial score (nSPS) is 13.1. The molecule has 2 aromatic rings. The molecule has 252 valence electrons. The number of ether oxygens (including phenoxy) is 1. The fourth-order valence-electron chi connectivity index (χ4n) is 5.09. The lowest BCUT2D eigenvalue weighted by atomic mass is 10.1. The number of amides is 3. The van der Waals surface area contributed by atoms with Gasteiger partial charge in [0.2, 0.25) is 28.2 Å². The molecule has 1 aromatic heterocycles. The number of carboxylic acids is 1. The molecule has 0 radical (unpaired) electrons. The number of rotatable bonds is 20. The lowest BCUT2D eigenvalue weighted by Gasteiger charge is -2.19. The van der Waals surface area contributed by atoms with E-state index in [2.05, 4.69) is 37.0 Å². The maximum Gasteiger partial charge on any atom is 0.323 e. The molecule has 14 nitrogen and oxygen atoms in total. The molecule has 1 unspecified atom stereocenters. The van der Waals surface area contributed by atoms with Crippen LogP contribution in [0, 0.1) is 13.8 Å². The zero-order valence-corrected chi connectivity index (χ0v) is 27.1. The first-order chi connectivity index (χ1) is 22.0. The number of nitrogens with one attached hydrogen (secondary N) is 5. The van der Waals surface area contributed by atoms with Gasteiger partial charge in [-0.25, -0.2) is 13.4 Å². The van der Waals surface area contributed by atoms with Crippen LogP contribution in [-0.4, -0.2) is 81.5 Å². The van der Waals surface area contributed by atoms with Crippen LogP contribution >= 0.6 is 0 Å². The first-order valence-corrected chi connectivity index (χ1v) is 16.9. The molecule has 1 aliphatic rings. The highest BCUT2D eigenvalue weighted by Crippen LogP contribution is 2.26. The molecule has 0 saturated heterocycles. The van der Waals surface area contributed by atoms with Gasteiger partial charge < -0.3 is 31.1 Å². The fourth-order valence-corrected chi connectivity index (χ4v) is 6.73. The van der Waals surface area contributed by atoms with Crippen LogP contribution in [0.1, 0.15) is 60.9 Å². The van der Waals surface area contributed by atoms with E-state index in [0.29, 0.717) is 55.6 Å². The Bertz CT molecular complexity index is 1460. The molecule has 2 heterocycles. The van der Waals surface area contributed by atoms with Gasteiger partial charge in [-0.05, 0) is 87.3 Å². The molecule has 1 atom stereocenters. The van der Waals surface area contributed by atoms with Gasteiger partial charge >= 0.3 is 5.97 Å². The van der Waals surface area contributed by atoms with Crippen LogP contribution in [0.3, 0.4) is 0 Å². The van der Waals surface area contributed by atoms with Crippen molar-refractivity contribution in [2.45, 2.75) is 76.2 Å². The predicted octanol–water partition coefficient (Wildman–Crippen LogP) is 1.34. The van der Waals surface area contributed by atoms with Crippen molar-refractivity contribution in [1.82, 2.24) is 25.7 Å². The largest absolute Gasteiger partial charge is 0.494 e. The number of carbonyl (C=O) groups is 4. The van der Waals surface area contributed by atoms with E-state index in [1.807, 2.05) is 6.07 Å². The van der Waals surface area contributed by atoms with E-state index in [1.165, 1.54) is 17.7 Å². The minimum Gasteiger partial charge on any atom is -0.494 e. The Balaban J connectivity index is 1.44. The molecule has 15 heteroatoms. The SMILES string of the molecule is Cc1cc(OCCCC(=O)NCCNC=O)cc(C)c1S(=O)(=O)NC(CNC(=O)CCCCc1ccc2c(n1)NCCC2)C(=O)O. The van der Waals surface area contributed by atoms with E-state index in [9.17, 15) is 32.7 Å². The van der Waals surface area contributed by atoms with Crippen molar-refractivity contribution in [3.05, 3.63) is 46.6 Å². The maximum absolute atomic E-state index is 13.2. The number of benzene rings is 1. The van der Waals surface area contributed by atoms with Gasteiger partial charge in [-0.3, -0.25) is 19.2 Å². The van der Waals surface area contributed by atoms with Crippen molar-refractivity contribution in [2.24, 2.45) is 0 Å². The number of hydrogen-bond donors (Lipinski definition) is 6. The third kappa shape index (κ3) is 11.6. The first-order valence-electron chi connectivity index (χ1n) is 15.4. The number of hydrogen-bond acceptors (Lipinski definition) is 9. The summed E-state index contributed by atoms with van der Waals surface area (Å²) in [6.07, 6.45) is 5.47. The second kappa shape index (κ2) is 18.0. The molecule has 0 aliphatic carbocycles. The molecular weight excluding hydrogens is 616 g/mol. The van der Waals surface area contributed by atoms with E-state index >= 15 is 0 Å². The van der Waals surface area contributed by atoms with Gasteiger partial charge in [-0.15, -0.1) is 0 Å². The number of anilines is 1. The van der Waals surface area contributed by atoms with Crippen LogP contribution in [0.2, 0.25) is 0 Å². The second-order valence-electron chi connectivity index (χ2n) is 11.1. The van der Waals surface area contributed by atoms with Crippen LogP contribution < -0.4 is 30.7 Å². The summed E-state index contributed by atoms with van der Waals surface area (Å²) in [5.74, 6) is -0.640. The maximum atomic E-state index is 13.2. The number of aryl methyl sites for hydroxylation is 4. The topological polar surface area (TPSA) is 205 Å². The van der Waals surface area contributed by atoms with Gasteiger partial charge in [-0.1, -0.05) is 6.07 Å². The van der Waals surface area contributed by atoms with E-state index < -0.39 is 28.6 Å². The Kier molecular flexibility index (Phi) is 14.2. The molecule has 0 spiro atoms. The van der Waals surface area contributed by atoms with Gasteiger partial charge in [-0.2, -0.15) is 4.72 Å². The van der Waals surface area contributed by atoms with Crippen molar-refractivity contribution in [1.29, 1.82) is 0 Å². The average molecular weight is 661 g/mol. The van der Waals surface area contributed by atoms with Crippen LogP contribution in [0.4, 0.5) is 5.82 Å². The number of aromatic nitrogens is 1. The summed E-state index contributed by atoms with van der Waals surface area (Å²) in [7, 11) is -4.27. The monoisotopic (exact) mass is 660 g/mol. The standard InChI is InChI=1S/C31H44N6O8S/c1-21-17-25(45-16-6-10-27(39)33-15-14-32-20-38)18-22(2)29(21)46(43,44)37-26(31(41)42)19-35-28(40)9-4-3-8-24-12-11-23-7-5-13-34-30(23)36-24/h11-12,17-18,20,26,37H,3-10,13-16,19H2,1-2H3,(H,32,38)(H,33,39)(H,34,36)(H,35,40)(H,41,42). The van der Waals surface area contributed by atoms with Crippen LogP contribution in [0.25, 0.3) is 0 Å². The van der Waals surface area contributed by atoms with Gasteiger partial charge in [0.05, 0.1) is 11.5 Å². The summed E-state index contributed by atoms with van der Waals surface area (Å²) in [6.45, 7) is 4.52. The minimum atomic E-state index is -4.27. The molecule has 0 bridgehead atoms. The Morgan fingerprint density at radius 2 is 1.76 bits per heavy atom. The van der Waals surface area contributed by atoms with E-state index in [0.717, 1.165) is 37.3 Å². The van der Waals surface area contributed by atoms with Crippen molar-refractivity contribution >= 4 is 40.0 Å². The number of nitrogens with zero attached hydrogens (tertiary/aromatic N) is 1. The first kappa shape index (κ1) is 36.2. The smallest absolute Gasteiger partial charge is 0.323 e. The van der Waals surface area contributed by atoms with Crippen LogP contribution in [0.15, 0.2) is 29.2 Å². The second-order valence-corrected chi connectivity index (χ2v) is 12.8. The minimum absolute atomic E-state index is 0.0771. The number of carbonyl (C=O) groups excluding carboxylic acids is 3. The number of sulfonamides is 1. The van der Waals surface area contributed by atoms with Crippen molar-refractivity contribution in [2.75, 3.05) is 38.1 Å². The summed E-state index contributed by atoms with van der Waals surface area (Å²) >= 11 is 0. The highest BCUT2D eigenvalue weighted by Gasteiger charge is 2.28. The zero-order valence-electron chi connectivity index (χ0n) is 26.3. The number of aliphatic carboxylic acids is 1. The van der Waals surface area contributed by atoms with Crippen molar-refractivity contribution in [3.63, 3.8) is 0 Å². The summed E-state index contributed by atoms with van der Waals surface area (Å²) < 4.78 is 34.4. The van der Waals surface area contributed by atoms with E-state index in [1.54, 1.807) is 13.8 Å². The van der Waals surface area contributed by atoms with Crippen LogP contribution in [0.5, 0.6) is 5.75 Å². The van der Waals surface area contributed by atoms with Gasteiger partial charge in [0, 0.05) is 44.7 Å². The van der Waals surface area contributed by atoms with Gasteiger partial charge in [0.15, 0.2) is 0 Å². The summed E-state index contributed by atoms with van der Waals surface area (Å²) in [5.41, 5.74) is 2.85. The lowest BCUT2D eigenvalue weighted by molar-refractivity contribution is -0.139. The molecule has 0 saturated carbocycles. The van der Waals surface area contributed by atoms with E-state index in [-0.39, 0.29) is 36.2 Å². The number of pyridine rings is 1. The molecule has 3 rings (SSSR count). The predicted molar refractivity (Wildman–Crippen MR) is 171 cm³/mol.